The first kappa shape index (κ1) is 22.6. The zero-order chi connectivity index (χ0) is 25.4. The monoisotopic (exact) mass is 479 g/mol. The Kier molecular flexibility index (Phi) is 4.76. The van der Waals surface area contributed by atoms with Crippen molar-refractivity contribution in [3.8, 4) is 29.4 Å². The number of hydrogen-bond acceptors (Lipinski definition) is 6. The van der Waals surface area contributed by atoms with Gasteiger partial charge in [-0.15, -0.1) is 0 Å². The van der Waals surface area contributed by atoms with Gasteiger partial charge >= 0.3 is 0 Å². The minimum atomic E-state index is -1.14. The molecule has 180 valence electrons. The van der Waals surface area contributed by atoms with Crippen LogP contribution in [0.15, 0.2) is 36.4 Å². The summed E-state index contributed by atoms with van der Waals surface area (Å²) in [6.45, 7) is 5.58. The Hall–Kier alpha value is -3.84. The maximum Gasteiger partial charge on any atom is 0.198 e. The first-order valence-corrected chi connectivity index (χ1v) is 12.2. The maximum atomic E-state index is 13.9. The van der Waals surface area contributed by atoms with Gasteiger partial charge in [-0.1, -0.05) is 49.2 Å². The molecule has 2 aromatic carbocycles. The number of phenols is 1. The summed E-state index contributed by atoms with van der Waals surface area (Å²) in [5, 5.41) is 25.4. The van der Waals surface area contributed by atoms with E-state index in [0.717, 1.165) is 18.4 Å². The van der Waals surface area contributed by atoms with E-state index in [9.17, 15) is 19.8 Å². The molecule has 2 aliphatic carbocycles. The molecule has 0 spiro atoms. The largest absolute Gasteiger partial charge is 0.507 e. The van der Waals surface area contributed by atoms with E-state index in [-0.39, 0.29) is 22.7 Å². The lowest BCUT2D eigenvalue weighted by atomic mass is 9.67. The molecule has 2 aromatic rings. The molecule has 0 amide bonds. The van der Waals surface area contributed by atoms with Crippen molar-refractivity contribution in [2.75, 3.05) is 5.32 Å². The van der Waals surface area contributed by atoms with Gasteiger partial charge in [-0.2, -0.15) is 0 Å². The van der Waals surface area contributed by atoms with E-state index >= 15 is 0 Å². The van der Waals surface area contributed by atoms with E-state index in [1.165, 1.54) is 6.07 Å². The Bertz CT molecular complexity index is 1530. The molecule has 1 saturated heterocycles. The number of fused-ring (bicyclic) bond motifs is 4. The summed E-state index contributed by atoms with van der Waals surface area (Å²) >= 11 is 0. The van der Waals surface area contributed by atoms with Crippen molar-refractivity contribution in [2.45, 2.75) is 57.0 Å². The van der Waals surface area contributed by atoms with Gasteiger partial charge < -0.3 is 20.3 Å². The first-order valence-electron chi connectivity index (χ1n) is 12.2. The second-order valence-electron chi connectivity index (χ2n) is 9.87. The molecule has 6 rings (SSSR count). The maximum absolute atomic E-state index is 13.9. The molecule has 2 aliphatic heterocycles. The highest BCUT2D eigenvalue weighted by atomic mass is 16.6. The van der Waals surface area contributed by atoms with Crippen LogP contribution in [0.25, 0.3) is 0 Å². The van der Waals surface area contributed by atoms with Gasteiger partial charge in [0.2, 0.25) is 0 Å². The highest BCUT2D eigenvalue weighted by Crippen LogP contribution is 2.68. The number of ketones is 2. The predicted molar refractivity (Wildman–Crippen MR) is 134 cm³/mol. The highest BCUT2D eigenvalue weighted by molar-refractivity contribution is 6.31. The van der Waals surface area contributed by atoms with E-state index in [0.29, 0.717) is 22.4 Å². The molecule has 0 radical (unpaired) electrons. The second kappa shape index (κ2) is 7.58. The molecule has 5 atom stereocenters. The number of hydrogen-bond donors (Lipinski definition) is 3. The van der Waals surface area contributed by atoms with Crippen molar-refractivity contribution in [3.63, 3.8) is 0 Å². The molecule has 36 heavy (non-hydrogen) atoms. The number of phenolic OH excluding ortho intramolecular Hbond substituents is 1. The number of rotatable bonds is 3. The summed E-state index contributed by atoms with van der Waals surface area (Å²) in [5.74, 6) is 10.8. The lowest BCUT2D eigenvalue weighted by molar-refractivity contribution is 0.0868. The van der Waals surface area contributed by atoms with Gasteiger partial charge in [-0.05, 0) is 50.1 Å². The Balaban J connectivity index is 1.63. The fourth-order valence-corrected chi connectivity index (χ4v) is 6.22. The molecule has 6 heteroatoms. The molecule has 1 fully saturated rings. The van der Waals surface area contributed by atoms with E-state index in [4.69, 9.17) is 4.74 Å². The second-order valence-corrected chi connectivity index (χ2v) is 9.87. The van der Waals surface area contributed by atoms with Crippen LogP contribution in [0.2, 0.25) is 0 Å². The summed E-state index contributed by atoms with van der Waals surface area (Å²) in [6, 6.07) is 6.13. The summed E-state index contributed by atoms with van der Waals surface area (Å²) < 4.78 is 6.42. The minimum absolute atomic E-state index is 0.0230. The minimum Gasteiger partial charge on any atom is -0.507 e. The van der Waals surface area contributed by atoms with Crippen LogP contribution in [0.4, 0.5) is 5.69 Å². The average molecular weight is 480 g/mol. The molecule has 2 heterocycles. The highest BCUT2D eigenvalue weighted by Gasteiger charge is 2.81. The zero-order valence-corrected chi connectivity index (χ0v) is 20.2. The number of epoxide rings is 1. The average Bonchev–Trinajstić information content (AvgIpc) is 3.58. The Morgan fingerprint density at radius 1 is 1.08 bits per heavy atom. The summed E-state index contributed by atoms with van der Waals surface area (Å²) in [6.07, 6.45) is 4.05. The number of allylic oxidation sites excluding steroid dienone is 2. The number of aliphatic hydroxyl groups excluding tert-OH is 1. The van der Waals surface area contributed by atoms with Crippen molar-refractivity contribution >= 4 is 17.3 Å². The zero-order valence-electron chi connectivity index (χ0n) is 20.2. The van der Waals surface area contributed by atoms with Crippen LogP contribution in [-0.2, 0) is 16.8 Å². The number of aliphatic hydroxyl groups is 1. The number of aromatic hydroxyl groups is 1. The van der Waals surface area contributed by atoms with Crippen LogP contribution in [0.1, 0.15) is 70.2 Å². The van der Waals surface area contributed by atoms with Crippen LogP contribution in [0, 0.1) is 29.6 Å². The van der Waals surface area contributed by atoms with Crippen LogP contribution in [-0.4, -0.2) is 39.5 Å². The molecule has 6 nitrogen and oxygen atoms in total. The van der Waals surface area contributed by atoms with Gasteiger partial charge in [0.05, 0.1) is 28.8 Å². The van der Waals surface area contributed by atoms with Gasteiger partial charge in [0.15, 0.2) is 17.2 Å². The van der Waals surface area contributed by atoms with Gasteiger partial charge in [0.1, 0.15) is 17.4 Å². The van der Waals surface area contributed by atoms with Crippen molar-refractivity contribution in [3.05, 3.63) is 69.8 Å². The number of nitrogens with one attached hydrogen (secondary N) is 1. The van der Waals surface area contributed by atoms with Gasteiger partial charge in [0.25, 0.3) is 0 Å². The van der Waals surface area contributed by atoms with Crippen molar-refractivity contribution in [1.82, 2.24) is 0 Å². The van der Waals surface area contributed by atoms with E-state index in [2.05, 4.69) is 29.0 Å². The molecule has 0 unspecified atom stereocenters. The van der Waals surface area contributed by atoms with Crippen LogP contribution in [0.3, 0.4) is 0 Å². The summed E-state index contributed by atoms with van der Waals surface area (Å²) in [7, 11) is 0. The van der Waals surface area contributed by atoms with E-state index in [1.807, 2.05) is 19.9 Å². The Morgan fingerprint density at radius 3 is 2.53 bits per heavy atom. The predicted octanol–water partition coefficient (Wildman–Crippen LogP) is 3.47. The SMILES string of the molecule is CCCc1ccc2c(c1)C(=O)c1c(O)cc3c(c1C2=O)N[C@H]1C#C/C=C\C#C[C@@H](C)[C@@]32O[C@@]12[C@@H](C)O. The fraction of sp³-hybridized carbons (Fsp3) is 0.333. The van der Waals surface area contributed by atoms with Gasteiger partial charge in [0, 0.05) is 16.7 Å². The van der Waals surface area contributed by atoms with Crippen LogP contribution >= 0.6 is 0 Å². The van der Waals surface area contributed by atoms with Crippen molar-refractivity contribution in [1.29, 1.82) is 0 Å². The third kappa shape index (κ3) is 2.66. The van der Waals surface area contributed by atoms with E-state index in [1.54, 1.807) is 31.2 Å². The van der Waals surface area contributed by atoms with Crippen LogP contribution < -0.4 is 5.32 Å². The molecule has 3 N–H and O–H groups in total. The smallest absolute Gasteiger partial charge is 0.198 e. The molecular weight excluding hydrogens is 454 g/mol. The Morgan fingerprint density at radius 2 is 1.81 bits per heavy atom. The number of ether oxygens (including phenoxy) is 1. The lowest BCUT2D eigenvalue weighted by Gasteiger charge is -2.38. The summed E-state index contributed by atoms with van der Waals surface area (Å²) in [5.41, 5.74) is 0.294. The molecular formula is C30H25NO5. The molecule has 4 aliphatic rings. The third-order valence-corrected chi connectivity index (χ3v) is 7.87. The van der Waals surface area contributed by atoms with E-state index < -0.39 is 35.0 Å². The molecule has 0 saturated carbocycles. The van der Waals surface area contributed by atoms with Crippen LogP contribution in [0.5, 0.6) is 5.75 Å². The van der Waals surface area contributed by atoms with Crippen molar-refractivity contribution < 1.29 is 24.5 Å². The normalized spacial score (nSPS) is 30.0. The third-order valence-electron chi connectivity index (χ3n) is 7.87. The topological polar surface area (TPSA) is 99.2 Å². The van der Waals surface area contributed by atoms with Gasteiger partial charge in [-0.3, -0.25) is 9.59 Å². The number of aryl methyl sites for hydroxylation is 1. The quantitative estimate of drug-likeness (QED) is 0.302. The lowest BCUT2D eigenvalue weighted by Crippen LogP contribution is -2.53. The number of anilines is 1. The van der Waals surface area contributed by atoms with Crippen molar-refractivity contribution in [2.24, 2.45) is 5.92 Å². The number of benzene rings is 2. The van der Waals surface area contributed by atoms with Gasteiger partial charge in [-0.25, -0.2) is 0 Å². The number of carbonyl (C=O) groups excluding carboxylic acids is 2. The molecule has 0 aromatic heterocycles. The number of carbonyl (C=O) groups is 2. The first-order chi connectivity index (χ1) is 17.3. The standard InChI is InChI=1S/C30H25NO5/c1-4-9-18-12-13-19-20(14-18)28(35)24-22(33)15-21-26(25(24)27(19)34)31-23-11-8-6-5-7-10-16(2)29(21)30(23,36-29)17(3)32/h5-6,12-17,23,31-33H,4,9H2,1-3H3/b6-5-/t16-,17-,23+,29-,30+/m1/s1. The molecule has 2 bridgehead atoms. The Labute approximate surface area is 209 Å². The summed E-state index contributed by atoms with van der Waals surface area (Å²) in [4.78, 5) is 27.5. The fourth-order valence-electron chi connectivity index (χ4n) is 6.22.